The van der Waals surface area contributed by atoms with E-state index >= 15 is 0 Å². The van der Waals surface area contributed by atoms with Crippen molar-refractivity contribution >= 4 is 22.8 Å². The lowest BCUT2D eigenvalue weighted by atomic mass is 9.83. The summed E-state index contributed by atoms with van der Waals surface area (Å²) in [5.41, 5.74) is 3.73. The molecule has 3 aromatic heterocycles. The number of aliphatic hydroxyl groups is 1. The van der Waals surface area contributed by atoms with E-state index in [2.05, 4.69) is 25.3 Å². The van der Waals surface area contributed by atoms with Gasteiger partial charge in [-0.3, -0.25) is 9.69 Å². The van der Waals surface area contributed by atoms with Gasteiger partial charge in [0.1, 0.15) is 34.7 Å². The summed E-state index contributed by atoms with van der Waals surface area (Å²) in [5.74, 6) is 1.33. The first-order valence-corrected chi connectivity index (χ1v) is 11.7. The average molecular weight is 471 g/mol. The van der Waals surface area contributed by atoms with Crippen LogP contribution in [0.3, 0.4) is 0 Å². The molecule has 10 nitrogen and oxygen atoms in total. The van der Waals surface area contributed by atoms with Gasteiger partial charge in [-0.2, -0.15) is 0 Å². The number of aromatic nitrogens is 6. The quantitative estimate of drug-likeness (QED) is 0.467. The molecular weight excluding hydrogens is 444 g/mol. The molecule has 0 radical (unpaired) electrons. The van der Waals surface area contributed by atoms with Crippen molar-refractivity contribution in [3.8, 4) is 22.6 Å². The van der Waals surface area contributed by atoms with E-state index in [-0.39, 0.29) is 5.91 Å². The summed E-state index contributed by atoms with van der Waals surface area (Å²) in [6, 6.07) is 5.85. The van der Waals surface area contributed by atoms with E-state index in [0.717, 1.165) is 33.8 Å². The number of benzene rings is 1. The van der Waals surface area contributed by atoms with Crippen LogP contribution in [0.15, 0.2) is 36.9 Å². The van der Waals surface area contributed by atoms with Gasteiger partial charge < -0.3 is 15.0 Å². The van der Waals surface area contributed by atoms with Crippen LogP contribution in [0.5, 0.6) is 0 Å². The summed E-state index contributed by atoms with van der Waals surface area (Å²) in [5, 5.41) is 13.3. The minimum Gasteiger partial charge on any atom is -0.388 e. The van der Waals surface area contributed by atoms with Crippen LogP contribution in [0.25, 0.3) is 33.8 Å². The average Bonchev–Trinajstić information content (AvgIpc) is 3.32. The summed E-state index contributed by atoms with van der Waals surface area (Å²) >= 11 is 0. The summed E-state index contributed by atoms with van der Waals surface area (Å²) in [6.45, 7) is 9.12. The Morgan fingerprint density at radius 2 is 1.83 bits per heavy atom. The molecule has 5 heterocycles. The molecule has 2 aliphatic heterocycles. The first-order valence-electron chi connectivity index (χ1n) is 11.7. The monoisotopic (exact) mass is 470 g/mol. The molecule has 10 heteroatoms. The number of fused-ring (bicyclic) bond motifs is 2. The number of β-amino-alcohol motifs (C(OH)–C–C–N with tert-alkyl or cyclic N) is 1. The molecule has 6 rings (SSSR count). The zero-order valence-electron chi connectivity index (χ0n) is 20.1. The Hall–Kier alpha value is -3.76. The topological polar surface area (TPSA) is 122 Å². The number of nitrogens with one attached hydrogen (secondary N) is 1. The molecule has 1 saturated heterocycles. The molecule has 1 fully saturated rings. The molecule has 0 bridgehead atoms. The minimum atomic E-state index is -0.868. The summed E-state index contributed by atoms with van der Waals surface area (Å²) in [4.78, 5) is 37.7. The van der Waals surface area contributed by atoms with Crippen molar-refractivity contribution in [2.24, 2.45) is 0 Å². The highest BCUT2D eigenvalue weighted by Gasteiger charge is 2.54. The molecule has 1 atom stereocenters. The number of hydrogen-bond donors (Lipinski definition) is 2. The molecule has 0 saturated carbocycles. The van der Waals surface area contributed by atoms with Gasteiger partial charge in [0.15, 0.2) is 5.65 Å². The van der Waals surface area contributed by atoms with Crippen LogP contribution < -0.4 is 5.32 Å². The SMILES string of the molecule is CCn1c(-c2cnc(C)nc2)nc2c(-c3ccc4c(c3)C(C)(N3CC(C)(O)C3)C(=O)N4)ncnc21. The number of anilines is 1. The highest BCUT2D eigenvalue weighted by Crippen LogP contribution is 2.45. The Morgan fingerprint density at radius 3 is 2.51 bits per heavy atom. The Bertz CT molecular complexity index is 1490. The Balaban J connectivity index is 1.49. The lowest BCUT2D eigenvalue weighted by Crippen LogP contribution is -2.67. The lowest BCUT2D eigenvalue weighted by Gasteiger charge is -2.51. The van der Waals surface area contributed by atoms with Crippen molar-refractivity contribution in [2.75, 3.05) is 18.4 Å². The second kappa shape index (κ2) is 7.37. The Labute approximate surface area is 202 Å². The highest BCUT2D eigenvalue weighted by molar-refractivity contribution is 6.06. The van der Waals surface area contributed by atoms with Gasteiger partial charge in [0.05, 0.1) is 11.2 Å². The van der Waals surface area contributed by atoms with Crippen LogP contribution >= 0.6 is 0 Å². The van der Waals surface area contributed by atoms with Gasteiger partial charge >= 0.3 is 0 Å². The molecule has 1 unspecified atom stereocenters. The maximum Gasteiger partial charge on any atom is 0.249 e. The van der Waals surface area contributed by atoms with Crippen molar-refractivity contribution in [1.82, 2.24) is 34.4 Å². The predicted molar refractivity (Wildman–Crippen MR) is 130 cm³/mol. The number of amides is 1. The number of carbonyl (C=O) groups is 1. The standard InChI is InChI=1S/C25H26N8O2/c1-5-33-21(16-9-26-14(2)27-10-16)31-20-19(28-13-29-22(20)33)15-6-7-18-17(8-15)25(4,23(34)30-18)32-11-24(3,35)12-32/h6-10,13,35H,5,11-12H2,1-4H3,(H,30,34). The van der Waals surface area contributed by atoms with E-state index in [9.17, 15) is 9.90 Å². The van der Waals surface area contributed by atoms with E-state index in [1.807, 2.05) is 48.4 Å². The third kappa shape index (κ3) is 3.17. The predicted octanol–water partition coefficient (Wildman–Crippen LogP) is 2.51. The fourth-order valence-electron chi connectivity index (χ4n) is 5.15. The normalized spacial score (nSPS) is 21.1. The van der Waals surface area contributed by atoms with Crippen LogP contribution in [0.2, 0.25) is 0 Å². The second-order valence-electron chi connectivity index (χ2n) is 9.73. The Kier molecular flexibility index (Phi) is 4.58. The van der Waals surface area contributed by atoms with Gasteiger partial charge in [0.25, 0.3) is 0 Å². The molecule has 4 aromatic rings. The zero-order chi connectivity index (χ0) is 24.5. The van der Waals surface area contributed by atoms with Gasteiger partial charge in [0, 0.05) is 48.8 Å². The number of nitrogens with zero attached hydrogens (tertiary/aromatic N) is 7. The molecule has 1 aromatic carbocycles. The van der Waals surface area contributed by atoms with Gasteiger partial charge in [0.2, 0.25) is 5.91 Å². The second-order valence-corrected chi connectivity index (χ2v) is 9.73. The maximum atomic E-state index is 13.0. The first kappa shape index (κ1) is 21.8. The van der Waals surface area contributed by atoms with E-state index in [1.54, 1.807) is 25.6 Å². The van der Waals surface area contributed by atoms with Crippen molar-refractivity contribution in [1.29, 1.82) is 0 Å². The van der Waals surface area contributed by atoms with E-state index in [0.29, 0.717) is 36.7 Å². The van der Waals surface area contributed by atoms with E-state index < -0.39 is 11.1 Å². The molecule has 0 spiro atoms. The van der Waals surface area contributed by atoms with Crippen molar-refractivity contribution in [3.05, 3.63) is 48.3 Å². The van der Waals surface area contributed by atoms with Gasteiger partial charge in [-0.15, -0.1) is 0 Å². The largest absolute Gasteiger partial charge is 0.388 e. The molecule has 0 aliphatic carbocycles. The van der Waals surface area contributed by atoms with Crippen LogP contribution in [0.4, 0.5) is 5.69 Å². The number of carbonyl (C=O) groups excluding carboxylic acids is 1. The molecule has 1 amide bonds. The van der Waals surface area contributed by atoms with Crippen molar-refractivity contribution in [2.45, 2.75) is 45.4 Å². The third-order valence-electron chi connectivity index (χ3n) is 7.09. The number of imidazole rings is 1. The smallest absolute Gasteiger partial charge is 0.249 e. The Morgan fingerprint density at radius 1 is 1.09 bits per heavy atom. The lowest BCUT2D eigenvalue weighted by molar-refractivity contribution is -0.151. The van der Waals surface area contributed by atoms with Crippen LogP contribution in [0, 0.1) is 6.92 Å². The number of rotatable bonds is 4. The highest BCUT2D eigenvalue weighted by atomic mass is 16.3. The van der Waals surface area contributed by atoms with E-state index in [4.69, 9.17) is 4.98 Å². The van der Waals surface area contributed by atoms with Gasteiger partial charge in [-0.1, -0.05) is 6.07 Å². The summed E-state index contributed by atoms with van der Waals surface area (Å²) in [7, 11) is 0. The number of hydrogen-bond acceptors (Lipinski definition) is 8. The summed E-state index contributed by atoms with van der Waals surface area (Å²) < 4.78 is 2.03. The number of aryl methyl sites for hydroxylation is 2. The maximum absolute atomic E-state index is 13.0. The van der Waals surface area contributed by atoms with E-state index in [1.165, 1.54) is 0 Å². The third-order valence-corrected chi connectivity index (χ3v) is 7.09. The van der Waals surface area contributed by atoms with Crippen LogP contribution in [-0.4, -0.2) is 64.1 Å². The molecule has 2 N–H and O–H groups in total. The molecule has 35 heavy (non-hydrogen) atoms. The first-order chi connectivity index (χ1) is 16.7. The molecule has 2 aliphatic rings. The van der Waals surface area contributed by atoms with Gasteiger partial charge in [-0.25, -0.2) is 24.9 Å². The summed E-state index contributed by atoms with van der Waals surface area (Å²) in [6.07, 6.45) is 5.08. The molecular formula is C25H26N8O2. The fraction of sp³-hybridized carbons (Fsp3) is 0.360. The fourth-order valence-corrected chi connectivity index (χ4v) is 5.15. The minimum absolute atomic E-state index is 0.0927. The zero-order valence-corrected chi connectivity index (χ0v) is 20.1. The van der Waals surface area contributed by atoms with Crippen LogP contribution in [0.1, 0.15) is 32.2 Å². The number of likely N-dealkylation sites (tertiary alicyclic amines) is 1. The van der Waals surface area contributed by atoms with Crippen molar-refractivity contribution in [3.63, 3.8) is 0 Å². The van der Waals surface area contributed by atoms with Crippen molar-refractivity contribution < 1.29 is 9.90 Å². The van der Waals surface area contributed by atoms with Crippen LogP contribution in [-0.2, 0) is 16.9 Å². The van der Waals surface area contributed by atoms with Gasteiger partial charge in [-0.05, 0) is 39.8 Å². The molecule has 178 valence electrons.